The second kappa shape index (κ2) is 14.3. The Balaban J connectivity index is 0.982. The average molecular weight is 736 g/mol. The summed E-state index contributed by atoms with van der Waals surface area (Å²) in [7, 11) is 0. The molecular weight excluding hydrogens is 700 g/mol. The lowest BCUT2D eigenvalue weighted by molar-refractivity contribution is 0.177. The van der Waals surface area contributed by atoms with Gasteiger partial charge >= 0.3 is 0 Å². The first kappa shape index (κ1) is 34.8. The molecule has 0 fully saturated rings. The van der Waals surface area contributed by atoms with Gasteiger partial charge in [0.25, 0.3) is 11.8 Å². The minimum absolute atomic E-state index is 0.0229. The van der Waals surface area contributed by atoms with Gasteiger partial charge < -0.3 is 39.8 Å². The second-order valence-electron chi connectivity index (χ2n) is 13.2. The largest absolute Gasteiger partial charge is 0.733 e. The van der Waals surface area contributed by atoms with Crippen molar-refractivity contribution >= 4 is 17.3 Å². The number of ether oxygens (including phenoxy) is 2. The first-order valence-corrected chi connectivity index (χ1v) is 17.8. The predicted octanol–water partition coefficient (Wildman–Crippen LogP) is 7.80. The van der Waals surface area contributed by atoms with Crippen LogP contribution in [-0.4, -0.2) is 43.3 Å². The molecule has 0 bridgehead atoms. The third kappa shape index (κ3) is 6.62. The number of hydrogen-bond donors (Lipinski definition) is 3. The van der Waals surface area contributed by atoms with E-state index in [1.165, 1.54) is 6.07 Å². The Morgan fingerprint density at radius 3 is 2.30 bits per heavy atom. The maximum absolute atomic E-state index is 11.8. The van der Waals surface area contributed by atoms with Gasteiger partial charge in [0.15, 0.2) is 0 Å². The van der Waals surface area contributed by atoms with Crippen molar-refractivity contribution in [1.29, 1.82) is 0 Å². The van der Waals surface area contributed by atoms with E-state index in [4.69, 9.17) is 35.9 Å². The van der Waals surface area contributed by atoms with Gasteiger partial charge in [-0.1, -0.05) is 52.2 Å². The summed E-state index contributed by atoms with van der Waals surface area (Å²) in [6.07, 6.45) is 2.52. The lowest BCUT2D eigenvalue weighted by Crippen LogP contribution is -2.17. The Bertz CT molecular complexity index is 2310. The molecule has 0 aliphatic heterocycles. The maximum Gasteiger partial charge on any atom is 0.258 e. The van der Waals surface area contributed by atoms with Crippen molar-refractivity contribution < 1.29 is 28.8 Å². The number of benzene rings is 4. The average Bonchev–Trinajstić information content (AvgIpc) is 3.97. The van der Waals surface area contributed by atoms with Crippen LogP contribution in [0.2, 0.25) is 5.02 Å². The second-order valence-corrected chi connectivity index (χ2v) is 13.7. The van der Waals surface area contributed by atoms with Crippen molar-refractivity contribution in [1.82, 2.24) is 20.3 Å². The molecule has 0 amide bonds. The molecule has 2 heterocycles. The van der Waals surface area contributed by atoms with E-state index in [2.05, 4.69) is 26.3 Å². The Labute approximate surface area is 309 Å². The van der Waals surface area contributed by atoms with Gasteiger partial charge in [-0.15, -0.1) is 0 Å². The van der Waals surface area contributed by atoms with E-state index >= 15 is 0 Å². The summed E-state index contributed by atoms with van der Waals surface area (Å²) in [6, 6.07) is 19.9. The molecule has 6 aromatic rings. The molecule has 2 aromatic heterocycles. The van der Waals surface area contributed by atoms with Gasteiger partial charge in [-0.2, -0.15) is 9.97 Å². The fourth-order valence-corrected chi connectivity index (χ4v) is 7.61. The van der Waals surface area contributed by atoms with Crippen LogP contribution in [0.15, 0.2) is 75.8 Å². The third-order valence-electron chi connectivity index (χ3n) is 9.83. The number of nitrogens with two attached hydrogens (primary N) is 1. The van der Waals surface area contributed by atoms with E-state index < -0.39 is 6.10 Å². The first-order valence-electron chi connectivity index (χ1n) is 17.5. The van der Waals surface area contributed by atoms with Crippen molar-refractivity contribution in [2.45, 2.75) is 64.2 Å². The third-order valence-corrected chi connectivity index (χ3v) is 10.1. The van der Waals surface area contributed by atoms with Crippen molar-refractivity contribution in [2.24, 2.45) is 5.73 Å². The number of aliphatic hydroxyl groups excluding tert-OH is 1. The van der Waals surface area contributed by atoms with Crippen LogP contribution in [0.4, 0.5) is 5.69 Å². The van der Waals surface area contributed by atoms with Crippen molar-refractivity contribution in [3.05, 3.63) is 105 Å². The van der Waals surface area contributed by atoms with Gasteiger partial charge in [0.05, 0.1) is 23.4 Å². The fourth-order valence-electron chi connectivity index (χ4n) is 7.38. The molecule has 272 valence electrons. The van der Waals surface area contributed by atoms with Crippen molar-refractivity contribution in [2.75, 3.05) is 11.8 Å². The lowest BCUT2D eigenvalue weighted by Gasteiger charge is -2.24. The molecule has 0 saturated heterocycles. The van der Waals surface area contributed by atoms with Crippen LogP contribution >= 0.6 is 11.6 Å². The van der Waals surface area contributed by atoms with Gasteiger partial charge in [-0.25, -0.2) is 0 Å². The molecule has 0 radical (unpaired) electrons. The molecule has 0 saturated carbocycles. The number of fused-ring (bicyclic) bond motifs is 2. The van der Waals surface area contributed by atoms with Gasteiger partial charge in [0, 0.05) is 34.7 Å². The summed E-state index contributed by atoms with van der Waals surface area (Å²) in [6.45, 7) is 4.05. The van der Waals surface area contributed by atoms with E-state index in [0.717, 1.165) is 51.8 Å². The highest BCUT2D eigenvalue weighted by molar-refractivity contribution is 6.32. The highest BCUT2D eigenvalue weighted by Crippen LogP contribution is 2.42. The zero-order valence-electron chi connectivity index (χ0n) is 29.0. The minimum Gasteiger partial charge on any atom is -0.733 e. The Morgan fingerprint density at radius 2 is 1.60 bits per heavy atom. The Hall–Kier alpha value is -5.31. The van der Waals surface area contributed by atoms with Crippen LogP contribution in [0, 0.1) is 5.21 Å². The van der Waals surface area contributed by atoms with Crippen molar-refractivity contribution in [3.63, 3.8) is 0 Å². The number of aromatic nitrogens is 4. The Morgan fingerprint density at radius 1 is 0.925 bits per heavy atom. The predicted molar refractivity (Wildman–Crippen MR) is 196 cm³/mol. The molecule has 1 unspecified atom stereocenters. The zero-order valence-corrected chi connectivity index (χ0v) is 29.7. The molecule has 2 aliphatic carbocycles. The number of hydrogen-bond acceptors (Lipinski definition) is 13. The van der Waals surface area contributed by atoms with Crippen LogP contribution in [0.5, 0.6) is 11.5 Å². The van der Waals surface area contributed by atoms with E-state index in [1.807, 2.05) is 37.3 Å². The first-order chi connectivity index (χ1) is 25.7. The van der Waals surface area contributed by atoms with Crippen LogP contribution < -0.4 is 20.4 Å². The summed E-state index contributed by atoms with van der Waals surface area (Å²) in [5.41, 5.74) is 14.0. The topological polar surface area (TPSA) is 189 Å². The Kier molecular flexibility index (Phi) is 9.35. The summed E-state index contributed by atoms with van der Waals surface area (Å²) < 4.78 is 22.9. The molecule has 2 aliphatic rings. The normalized spacial score (nSPS) is 16.7. The van der Waals surface area contributed by atoms with E-state index in [9.17, 15) is 15.5 Å². The van der Waals surface area contributed by atoms with Gasteiger partial charge in [-0.05, 0) is 104 Å². The molecule has 14 heteroatoms. The molecule has 53 heavy (non-hydrogen) atoms. The summed E-state index contributed by atoms with van der Waals surface area (Å²) in [5, 5.41) is 41.0. The molecule has 3 atom stereocenters. The van der Waals surface area contributed by atoms with Crippen molar-refractivity contribution in [3.8, 4) is 57.2 Å². The molecule has 8 rings (SSSR count). The smallest absolute Gasteiger partial charge is 0.258 e. The number of aliphatic hydroxyl groups is 1. The van der Waals surface area contributed by atoms with Crippen LogP contribution in [0.1, 0.15) is 66.7 Å². The highest BCUT2D eigenvalue weighted by Gasteiger charge is 2.29. The minimum atomic E-state index is -0.657. The monoisotopic (exact) mass is 735 g/mol. The van der Waals surface area contributed by atoms with Gasteiger partial charge in [0.2, 0.25) is 11.6 Å². The van der Waals surface area contributed by atoms with E-state index in [-0.39, 0.29) is 34.7 Å². The maximum atomic E-state index is 11.8. The number of rotatable bonds is 11. The lowest BCUT2D eigenvalue weighted by atomic mass is 9.94. The van der Waals surface area contributed by atoms with Crippen LogP contribution in [0.3, 0.4) is 0 Å². The van der Waals surface area contributed by atoms with Crippen LogP contribution in [0.25, 0.3) is 45.7 Å². The van der Waals surface area contributed by atoms with Crippen LogP contribution in [-0.2, 0) is 19.3 Å². The molecule has 13 nitrogen and oxygen atoms in total. The number of halogens is 1. The summed E-state index contributed by atoms with van der Waals surface area (Å²) in [5.74, 6) is 2.10. The molecule has 4 aromatic carbocycles. The quantitative estimate of drug-likeness (QED) is 0.109. The number of nitrogens with zero attached hydrogens (tertiary/aromatic N) is 5. The SMILES string of the molecule is CCOc1ccc(-c2nc(-c3ccc(CC(C)Oc4ccc(-c5nc(-c6cccc7c6CC[C@@H]7N)no5)cc4Cl)c4c3CC[C@H]4O)no2)cc1N([O-])O. The van der Waals surface area contributed by atoms with Gasteiger partial charge in [-0.3, -0.25) is 5.21 Å². The molecule has 0 spiro atoms. The van der Waals surface area contributed by atoms with E-state index in [0.29, 0.717) is 65.3 Å². The molecule has 4 N–H and O–H groups in total. The number of anilines is 1. The van der Waals surface area contributed by atoms with E-state index in [1.54, 1.807) is 31.2 Å². The molecular formula is C39H36ClN6O7-. The zero-order chi connectivity index (χ0) is 36.8. The highest BCUT2D eigenvalue weighted by atomic mass is 35.5. The fraction of sp³-hybridized carbons (Fsp3) is 0.282. The summed E-state index contributed by atoms with van der Waals surface area (Å²) in [4.78, 5) is 9.25. The summed E-state index contributed by atoms with van der Waals surface area (Å²) >= 11 is 6.71. The van der Waals surface area contributed by atoms with Gasteiger partial charge in [0.1, 0.15) is 17.6 Å². The standard InChI is InChI=1S/C39H36ClN6O7/c1-3-50-34-16-9-23(19-31(34)46(48)49)39-43-37(45-53-39)28-10-7-21(35-26(28)12-14-32(35)47)17-20(2)51-33-15-8-22(18-29(33)40)38-42-36(44-52-38)27-6-4-5-25-24(27)11-13-30(25)41/h4-10,15-16,18-20,30,32,47-48H,3,11-14,17,41H2,1-2H3/q-1/t20?,30-,32+/m0/s1.